The van der Waals surface area contributed by atoms with E-state index in [0.717, 1.165) is 37.6 Å². The van der Waals surface area contributed by atoms with Crippen LogP contribution in [0.1, 0.15) is 57.4 Å². The number of aromatic nitrogens is 1. The largest absolute Gasteiger partial charge is 0.357 e. The molecule has 1 amide bonds. The van der Waals surface area contributed by atoms with E-state index in [1.807, 2.05) is 6.20 Å². The van der Waals surface area contributed by atoms with Gasteiger partial charge in [-0.2, -0.15) is 0 Å². The molecule has 0 saturated carbocycles. The van der Waals surface area contributed by atoms with E-state index in [1.54, 1.807) is 0 Å². The van der Waals surface area contributed by atoms with Gasteiger partial charge in [0.15, 0.2) is 0 Å². The SMILES string of the molecule is CC(CC(=O)NCc1ccc(N2CCCCCC2)nc1)C1CCNCC1. The van der Waals surface area contributed by atoms with Crippen molar-refractivity contribution in [2.24, 2.45) is 11.8 Å². The number of nitrogens with zero attached hydrogens (tertiary/aromatic N) is 2. The van der Waals surface area contributed by atoms with Crippen molar-refractivity contribution in [3.8, 4) is 0 Å². The van der Waals surface area contributed by atoms with Crippen molar-refractivity contribution in [1.82, 2.24) is 15.6 Å². The lowest BCUT2D eigenvalue weighted by atomic mass is 9.84. The molecule has 5 nitrogen and oxygen atoms in total. The Labute approximate surface area is 157 Å². The van der Waals surface area contributed by atoms with E-state index in [9.17, 15) is 4.79 Å². The number of anilines is 1. The first-order valence-corrected chi connectivity index (χ1v) is 10.4. The predicted octanol–water partition coefficient (Wildman–Crippen LogP) is 3.10. The number of carbonyl (C=O) groups is 1. The fourth-order valence-corrected chi connectivity index (χ4v) is 4.15. The lowest BCUT2D eigenvalue weighted by Crippen LogP contribution is -2.33. The molecule has 0 bridgehead atoms. The summed E-state index contributed by atoms with van der Waals surface area (Å²) in [4.78, 5) is 19.3. The van der Waals surface area contributed by atoms with Gasteiger partial charge < -0.3 is 15.5 Å². The van der Waals surface area contributed by atoms with Gasteiger partial charge in [-0.1, -0.05) is 25.8 Å². The molecule has 2 saturated heterocycles. The number of pyridine rings is 1. The minimum atomic E-state index is 0.160. The van der Waals surface area contributed by atoms with Crippen LogP contribution >= 0.6 is 0 Å². The Hall–Kier alpha value is -1.62. The Morgan fingerprint density at radius 3 is 2.62 bits per heavy atom. The summed E-state index contributed by atoms with van der Waals surface area (Å²) in [5.74, 6) is 2.37. The van der Waals surface area contributed by atoms with Gasteiger partial charge in [0.2, 0.25) is 5.91 Å². The average molecular weight is 359 g/mol. The maximum Gasteiger partial charge on any atom is 0.220 e. The van der Waals surface area contributed by atoms with Crippen molar-refractivity contribution in [1.29, 1.82) is 0 Å². The van der Waals surface area contributed by atoms with Gasteiger partial charge in [0.1, 0.15) is 5.82 Å². The molecule has 3 heterocycles. The monoisotopic (exact) mass is 358 g/mol. The van der Waals surface area contributed by atoms with Gasteiger partial charge in [-0.25, -0.2) is 4.98 Å². The van der Waals surface area contributed by atoms with E-state index in [0.29, 0.717) is 24.8 Å². The molecule has 2 fully saturated rings. The molecule has 0 aliphatic carbocycles. The third-order valence-electron chi connectivity index (χ3n) is 5.92. The Morgan fingerprint density at radius 2 is 1.96 bits per heavy atom. The number of rotatable bonds is 6. The topological polar surface area (TPSA) is 57.3 Å². The van der Waals surface area contributed by atoms with Crippen LogP contribution in [0.25, 0.3) is 0 Å². The molecule has 0 spiro atoms. The molecular weight excluding hydrogens is 324 g/mol. The van der Waals surface area contributed by atoms with Crippen LogP contribution in [0.5, 0.6) is 0 Å². The highest BCUT2D eigenvalue weighted by Crippen LogP contribution is 2.24. The smallest absolute Gasteiger partial charge is 0.220 e. The van der Waals surface area contributed by atoms with Crippen molar-refractivity contribution < 1.29 is 4.79 Å². The summed E-state index contributed by atoms with van der Waals surface area (Å²) < 4.78 is 0. The molecule has 0 radical (unpaired) electrons. The van der Waals surface area contributed by atoms with E-state index in [2.05, 4.69) is 39.6 Å². The first-order chi connectivity index (χ1) is 12.7. The van der Waals surface area contributed by atoms with Crippen molar-refractivity contribution in [3.05, 3.63) is 23.9 Å². The molecule has 26 heavy (non-hydrogen) atoms. The highest BCUT2D eigenvalue weighted by atomic mass is 16.1. The standard InChI is InChI=1S/C21H34N4O/c1-17(19-8-10-22-11-9-19)14-21(26)24-16-18-6-7-20(23-15-18)25-12-4-2-3-5-13-25/h6-7,15,17,19,22H,2-5,8-14,16H2,1H3,(H,24,26). The van der Waals surface area contributed by atoms with E-state index in [4.69, 9.17) is 0 Å². The second-order valence-electron chi connectivity index (χ2n) is 7.97. The zero-order valence-electron chi connectivity index (χ0n) is 16.2. The number of nitrogens with one attached hydrogen (secondary N) is 2. The molecule has 3 rings (SSSR count). The first-order valence-electron chi connectivity index (χ1n) is 10.4. The molecule has 1 aromatic heterocycles. The van der Waals surface area contributed by atoms with Gasteiger partial charge in [-0.05, 0) is 62.2 Å². The maximum absolute atomic E-state index is 12.3. The molecular formula is C21H34N4O. The zero-order chi connectivity index (χ0) is 18.2. The van der Waals surface area contributed by atoms with Gasteiger partial charge in [0.05, 0.1) is 0 Å². The van der Waals surface area contributed by atoms with Crippen LogP contribution in [-0.2, 0) is 11.3 Å². The molecule has 1 unspecified atom stereocenters. The minimum Gasteiger partial charge on any atom is -0.357 e. The molecule has 5 heteroatoms. The zero-order valence-corrected chi connectivity index (χ0v) is 16.2. The summed E-state index contributed by atoms with van der Waals surface area (Å²) in [6, 6.07) is 4.20. The summed E-state index contributed by atoms with van der Waals surface area (Å²) >= 11 is 0. The number of hydrogen-bond acceptors (Lipinski definition) is 4. The quantitative estimate of drug-likeness (QED) is 0.820. The average Bonchev–Trinajstić information content (AvgIpc) is 2.97. The fourth-order valence-electron chi connectivity index (χ4n) is 4.15. The second kappa shape index (κ2) is 9.91. The fraction of sp³-hybridized carbons (Fsp3) is 0.714. The minimum absolute atomic E-state index is 0.160. The summed E-state index contributed by atoms with van der Waals surface area (Å²) in [6.45, 7) is 7.19. The Kier molecular flexibility index (Phi) is 7.30. The number of piperidine rings is 1. The lowest BCUT2D eigenvalue weighted by Gasteiger charge is -2.27. The highest BCUT2D eigenvalue weighted by molar-refractivity contribution is 5.76. The van der Waals surface area contributed by atoms with Crippen LogP contribution in [0.2, 0.25) is 0 Å². The van der Waals surface area contributed by atoms with Gasteiger partial charge in [-0.3, -0.25) is 4.79 Å². The Bertz CT molecular complexity index is 546. The second-order valence-corrected chi connectivity index (χ2v) is 7.97. The number of amides is 1. The number of carbonyl (C=O) groups excluding carboxylic acids is 1. The van der Waals surface area contributed by atoms with E-state index in [-0.39, 0.29) is 5.91 Å². The molecule has 1 aromatic rings. The molecule has 2 aliphatic rings. The van der Waals surface area contributed by atoms with Gasteiger partial charge >= 0.3 is 0 Å². The van der Waals surface area contributed by atoms with Crippen LogP contribution in [0, 0.1) is 11.8 Å². The molecule has 1 atom stereocenters. The normalized spacial score (nSPS) is 20.4. The van der Waals surface area contributed by atoms with Crippen molar-refractivity contribution in [2.75, 3.05) is 31.1 Å². The number of hydrogen-bond donors (Lipinski definition) is 2. The van der Waals surface area contributed by atoms with Crippen LogP contribution < -0.4 is 15.5 Å². The summed E-state index contributed by atoms with van der Waals surface area (Å²) in [5.41, 5.74) is 1.08. The van der Waals surface area contributed by atoms with Crippen molar-refractivity contribution in [3.63, 3.8) is 0 Å². The van der Waals surface area contributed by atoms with Crippen LogP contribution in [0.15, 0.2) is 18.3 Å². The van der Waals surface area contributed by atoms with E-state index in [1.165, 1.54) is 38.5 Å². The lowest BCUT2D eigenvalue weighted by molar-refractivity contribution is -0.122. The van der Waals surface area contributed by atoms with Gasteiger partial charge in [0.25, 0.3) is 0 Å². The summed E-state index contributed by atoms with van der Waals surface area (Å²) in [5, 5.41) is 6.46. The first kappa shape index (κ1) is 19.2. The van der Waals surface area contributed by atoms with E-state index < -0.39 is 0 Å². The van der Waals surface area contributed by atoms with Gasteiger partial charge in [-0.15, -0.1) is 0 Å². The Morgan fingerprint density at radius 1 is 1.23 bits per heavy atom. The molecule has 0 aromatic carbocycles. The van der Waals surface area contributed by atoms with E-state index >= 15 is 0 Å². The van der Waals surface area contributed by atoms with Crippen LogP contribution in [0.4, 0.5) is 5.82 Å². The van der Waals surface area contributed by atoms with Crippen molar-refractivity contribution >= 4 is 11.7 Å². The highest BCUT2D eigenvalue weighted by Gasteiger charge is 2.21. The third kappa shape index (κ3) is 5.70. The maximum atomic E-state index is 12.3. The molecule has 2 aliphatic heterocycles. The summed E-state index contributed by atoms with van der Waals surface area (Å²) in [6.07, 6.45) is 10.1. The van der Waals surface area contributed by atoms with Crippen molar-refractivity contribution in [2.45, 2.75) is 58.4 Å². The van der Waals surface area contributed by atoms with Crippen LogP contribution in [0.3, 0.4) is 0 Å². The van der Waals surface area contributed by atoms with Gasteiger partial charge in [0, 0.05) is 32.3 Å². The van der Waals surface area contributed by atoms with Crippen LogP contribution in [-0.4, -0.2) is 37.1 Å². The Balaban J connectivity index is 1.43. The predicted molar refractivity (Wildman–Crippen MR) is 106 cm³/mol. The summed E-state index contributed by atoms with van der Waals surface area (Å²) in [7, 11) is 0. The molecule has 2 N–H and O–H groups in total. The molecule has 144 valence electrons. The third-order valence-corrected chi connectivity index (χ3v) is 5.92.